The Hall–Kier alpha value is -2.67. The molecular weight excluding hydrogens is 388 g/mol. The fraction of sp³-hybridized carbons (Fsp3) is 0.542. The van der Waals surface area contributed by atoms with Crippen LogP contribution in [0, 0.1) is 5.41 Å². The number of nitrogens with one attached hydrogen (secondary N) is 1. The van der Waals surface area contributed by atoms with Crippen LogP contribution in [0.4, 0.5) is 0 Å². The first-order valence-electron chi connectivity index (χ1n) is 11.6. The summed E-state index contributed by atoms with van der Waals surface area (Å²) < 4.78 is 1.98. The van der Waals surface area contributed by atoms with Crippen LogP contribution in [0.5, 0.6) is 0 Å². The highest BCUT2D eigenvalue weighted by Crippen LogP contribution is 2.56. The Morgan fingerprint density at radius 3 is 2.71 bits per heavy atom. The molecule has 1 N–H and O–H groups in total. The highest BCUT2D eigenvalue weighted by Gasteiger charge is 2.49. The number of nitrogens with zero attached hydrogens (tertiary/aromatic N) is 5. The molecule has 2 aliphatic rings. The van der Waals surface area contributed by atoms with Crippen LogP contribution in [0.15, 0.2) is 36.7 Å². The van der Waals surface area contributed by atoms with Crippen LogP contribution in [0.25, 0.3) is 10.9 Å². The lowest BCUT2D eigenvalue weighted by molar-refractivity contribution is -0.0334. The van der Waals surface area contributed by atoms with Crippen molar-refractivity contribution in [1.82, 2.24) is 29.8 Å². The molecule has 1 saturated heterocycles. The first-order chi connectivity index (χ1) is 15.1. The number of H-pyrrole nitrogens is 1. The fourth-order valence-corrected chi connectivity index (χ4v) is 5.49. The molecule has 2 aromatic heterocycles. The van der Waals surface area contributed by atoms with Gasteiger partial charge in [0, 0.05) is 31.3 Å². The van der Waals surface area contributed by atoms with Gasteiger partial charge in [0.2, 0.25) is 0 Å². The molecule has 164 valence electrons. The molecule has 1 atom stereocenters. The van der Waals surface area contributed by atoms with Gasteiger partial charge in [0.1, 0.15) is 0 Å². The quantitative estimate of drug-likeness (QED) is 0.657. The number of carbonyl (C=O) groups excluding carboxylic acids is 1. The third-order valence-electron chi connectivity index (χ3n) is 7.60. The summed E-state index contributed by atoms with van der Waals surface area (Å²) in [6, 6.07) is 9.21. The summed E-state index contributed by atoms with van der Waals surface area (Å²) in [5, 5.41) is 9.85. The van der Waals surface area contributed by atoms with Crippen molar-refractivity contribution in [2.75, 3.05) is 26.2 Å². The zero-order valence-electron chi connectivity index (χ0n) is 18.5. The molecule has 0 bridgehead atoms. The zero-order chi connectivity index (χ0) is 21.4. The van der Waals surface area contributed by atoms with Crippen molar-refractivity contribution < 1.29 is 4.79 Å². The molecule has 1 aliphatic carbocycles. The van der Waals surface area contributed by atoms with Gasteiger partial charge in [0.15, 0.2) is 5.69 Å². The number of rotatable bonds is 6. The average molecular weight is 421 g/mol. The molecule has 3 aromatic rings. The van der Waals surface area contributed by atoms with Crippen LogP contribution in [-0.2, 0) is 6.54 Å². The van der Waals surface area contributed by atoms with Crippen molar-refractivity contribution in [3.8, 4) is 0 Å². The number of amides is 1. The predicted molar refractivity (Wildman–Crippen MR) is 121 cm³/mol. The molecule has 31 heavy (non-hydrogen) atoms. The van der Waals surface area contributed by atoms with Crippen LogP contribution < -0.4 is 0 Å². The molecule has 1 aliphatic heterocycles. The Morgan fingerprint density at radius 2 is 2.00 bits per heavy atom. The maximum Gasteiger partial charge on any atom is 0.276 e. The lowest BCUT2D eigenvalue weighted by Crippen LogP contribution is -2.49. The van der Waals surface area contributed by atoms with Crippen molar-refractivity contribution >= 4 is 16.8 Å². The van der Waals surface area contributed by atoms with Crippen LogP contribution in [0.1, 0.15) is 61.6 Å². The first kappa shape index (κ1) is 20.2. The Balaban J connectivity index is 1.22. The van der Waals surface area contributed by atoms with Crippen molar-refractivity contribution in [1.29, 1.82) is 0 Å². The van der Waals surface area contributed by atoms with E-state index in [4.69, 9.17) is 0 Å². The van der Waals surface area contributed by atoms with Crippen LogP contribution in [0.3, 0.4) is 0 Å². The van der Waals surface area contributed by atoms with E-state index >= 15 is 0 Å². The molecule has 3 heterocycles. The van der Waals surface area contributed by atoms with Gasteiger partial charge in [-0.15, -0.1) is 5.10 Å². The summed E-state index contributed by atoms with van der Waals surface area (Å²) in [4.78, 5) is 20.3. The van der Waals surface area contributed by atoms with E-state index in [1.807, 2.05) is 30.9 Å². The second-order valence-corrected chi connectivity index (χ2v) is 9.15. The van der Waals surface area contributed by atoms with E-state index in [9.17, 15) is 4.79 Å². The summed E-state index contributed by atoms with van der Waals surface area (Å²) >= 11 is 0. The number of benzene rings is 1. The minimum atomic E-state index is -0.0153. The smallest absolute Gasteiger partial charge is 0.276 e. The Kier molecular flexibility index (Phi) is 5.30. The van der Waals surface area contributed by atoms with Crippen LogP contribution >= 0.6 is 0 Å². The molecule has 5 rings (SSSR count). The van der Waals surface area contributed by atoms with Gasteiger partial charge in [-0.1, -0.05) is 17.3 Å². The highest BCUT2D eigenvalue weighted by molar-refractivity contribution is 5.91. The Bertz CT molecular complexity index is 1060. The van der Waals surface area contributed by atoms with Gasteiger partial charge >= 0.3 is 0 Å². The van der Waals surface area contributed by atoms with Crippen LogP contribution in [0.2, 0.25) is 0 Å². The van der Waals surface area contributed by atoms with Gasteiger partial charge in [-0.25, -0.2) is 4.68 Å². The number of fused-ring (bicyclic) bond motifs is 1. The first-order valence-corrected chi connectivity index (χ1v) is 11.6. The van der Waals surface area contributed by atoms with Crippen molar-refractivity contribution in [3.05, 3.63) is 47.9 Å². The predicted octanol–water partition coefficient (Wildman–Crippen LogP) is 3.86. The summed E-state index contributed by atoms with van der Waals surface area (Å²) in [6.07, 6.45) is 8.62. The number of aromatic nitrogens is 4. The van der Waals surface area contributed by atoms with E-state index in [0.717, 1.165) is 26.1 Å². The third kappa shape index (κ3) is 3.65. The van der Waals surface area contributed by atoms with E-state index in [1.54, 1.807) is 4.90 Å². The highest BCUT2D eigenvalue weighted by atomic mass is 16.2. The topological polar surface area (TPSA) is 70.1 Å². The normalized spacial score (nSPS) is 20.8. The van der Waals surface area contributed by atoms with Gasteiger partial charge in [-0.3, -0.25) is 9.69 Å². The molecular formula is C24H32N6O. The second-order valence-electron chi connectivity index (χ2n) is 9.15. The number of carbonyl (C=O) groups is 1. The maximum absolute atomic E-state index is 12.6. The lowest BCUT2D eigenvalue weighted by atomic mass is 9.59. The lowest BCUT2D eigenvalue weighted by Gasteiger charge is -2.53. The van der Waals surface area contributed by atoms with Crippen molar-refractivity contribution in [2.45, 2.75) is 52.1 Å². The molecule has 7 heteroatoms. The maximum atomic E-state index is 12.6. The van der Waals surface area contributed by atoms with Gasteiger partial charge in [-0.2, -0.15) is 0 Å². The standard InChI is InChI=1S/C24H32N6O/c1-3-29(4-2)23(31)21-17-30(27-26-21)22-7-9-24(22)10-13-28(14-11-24)16-18-5-6-19-8-12-25-20(19)15-18/h5-6,8,12,15,17,22,25H,3-4,7,9-11,13-14,16H2,1-2H3. The van der Waals surface area contributed by atoms with Crippen LogP contribution in [-0.4, -0.2) is 61.9 Å². The van der Waals surface area contributed by atoms with Gasteiger partial charge in [0.25, 0.3) is 5.91 Å². The van der Waals surface area contributed by atoms with E-state index in [-0.39, 0.29) is 5.91 Å². The molecule has 2 fully saturated rings. The average Bonchev–Trinajstić information content (AvgIpc) is 3.44. The third-order valence-corrected chi connectivity index (χ3v) is 7.60. The van der Waals surface area contributed by atoms with E-state index < -0.39 is 0 Å². The molecule has 1 saturated carbocycles. The fourth-order valence-electron chi connectivity index (χ4n) is 5.49. The summed E-state index contributed by atoms with van der Waals surface area (Å²) in [5.41, 5.74) is 3.37. The number of piperidine rings is 1. The molecule has 0 radical (unpaired) electrons. The molecule has 1 amide bonds. The zero-order valence-corrected chi connectivity index (χ0v) is 18.5. The second kappa shape index (κ2) is 8.11. The number of hydrogen-bond donors (Lipinski definition) is 1. The minimum absolute atomic E-state index is 0.0153. The largest absolute Gasteiger partial charge is 0.361 e. The Labute approximate surface area is 183 Å². The summed E-state index contributed by atoms with van der Waals surface area (Å²) in [7, 11) is 0. The van der Waals surface area contributed by atoms with Crippen molar-refractivity contribution in [2.24, 2.45) is 5.41 Å². The number of aromatic amines is 1. The summed E-state index contributed by atoms with van der Waals surface area (Å²) in [6.45, 7) is 8.61. The molecule has 1 aromatic carbocycles. The number of likely N-dealkylation sites (tertiary alicyclic amines) is 1. The van der Waals surface area contributed by atoms with Gasteiger partial charge in [0.05, 0.1) is 12.2 Å². The van der Waals surface area contributed by atoms with E-state index in [2.05, 4.69) is 44.5 Å². The van der Waals surface area contributed by atoms with Gasteiger partial charge < -0.3 is 9.88 Å². The molecule has 7 nitrogen and oxygen atoms in total. The Morgan fingerprint density at radius 1 is 1.19 bits per heavy atom. The monoisotopic (exact) mass is 420 g/mol. The molecule has 1 spiro atoms. The van der Waals surface area contributed by atoms with Gasteiger partial charge in [-0.05, 0) is 81.1 Å². The summed E-state index contributed by atoms with van der Waals surface area (Å²) in [5.74, 6) is -0.0153. The SMILES string of the molecule is CCN(CC)C(=O)c1cn(C2CCC23CCN(Cc2ccc4cc[nH]c4c2)CC3)nn1. The van der Waals surface area contributed by atoms with E-state index in [1.165, 1.54) is 35.7 Å². The molecule has 1 unspecified atom stereocenters. The minimum Gasteiger partial charge on any atom is -0.361 e. The van der Waals surface area contributed by atoms with Crippen molar-refractivity contribution in [3.63, 3.8) is 0 Å². The van der Waals surface area contributed by atoms with E-state index in [0.29, 0.717) is 30.2 Å². The number of hydrogen-bond acceptors (Lipinski definition) is 4.